The molecule has 1 heterocycles. The lowest BCUT2D eigenvalue weighted by atomic mass is 10.0. The van der Waals surface area contributed by atoms with E-state index < -0.39 is 5.91 Å². The Kier molecular flexibility index (Phi) is 4.13. The number of hydrogen-bond donors (Lipinski definition) is 2. The van der Waals surface area contributed by atoms with Crippen LogP contribution in [0, 0.1) is 0 Å². The molecule has 0 saturated carbocycles. The van der Waals surface area contributed by atoms with E-state index in [1.165, 1.54) is 0 Å². The first-order valence-electron chi connectivity index (χ1n) is 5.73. The molecule has 0 bridgehead atoms. The average molecular weight is 281 g/mol. The summed E-state index contributed by atoms with van der Waals surface area (Å²) < 4.78 is 0. The predicted molar refractivity (Wildman–Crippen MR) is 71.3 cm³/mol. The van der Waals surface area contributed by atoms with Crippen molar-refractivity contribution in [2.24, 2.45) is 10.9 Å². The van der Waals surface area contributed by atoms with Crippen molar-refractivity contribution in [1.82, 2.24) is 10.4 Å². The first-order chi connectivity index (χ1) is 9.10. The topological polar surface area (TPSA) is 87.8 Å². The van der Waals surface area contributed by atoms with Crippen LogP contribution < -0.4 is 11.3 Å². The highest BCUT2D eigenvalue weighted by Gasteiger charge is 2.22. The van der Waals surface area contributed by atoms with Gasteiger partial charge in [-0.3, -0.25) is 15.0 Å². The monoisotopic (exact) mass is 280 g/mol. The normalized spacial score (nSPS) is 15.2. The SMILES string of the molecule is NNC(=O)CN1N=C(c2ccc(Cl)cc2)CCC1=O. The van der Waals surface area contributed by atoms with Crippen LogP contribution in [-0.4, -0.2) is 29.1 Å². The average Bonchev–Trinajstić information content (AvgIpc) is 2.42. The molecule has 0 aliphatic carbocycles. The Bertz CT molecular complexity index is 527. The Morgan fingerprint density at radius 1 is 1.37 bits per heavy atom. The molecule has 0 aromatic heterocycles. The van der Waals surface area contributed by atoms with Crippen molar-refractivity contribution < 1.29 is 9.59 Å². The fourth-order valence-electron chi connectivity index (χ4n) is 1.76. The van der Waals surface area contributed by atoms with Gasteiger partial charge in [0.1, 0.15) is 6.54 Å². The van der Waals surface area contributed by atoms with Crippen molar-refractivity contribution in [3.05, 3.63) is 34.9 Å². The van der Waals surface area contributed by atoms with Crippen molar-refractivity contribution in [3.8, 4) is 0 Å². The summed E-state index contributed by atoms with van der Waals surface area (Å²) in [7, 11) is 0. The lowest BCUT2D eigenvalue weighted by molar-refractivity contribution is -0.136. The third-order valence-corrected chi connectivity index (χ3v) is 2.99. The lowest BCUT2D eigenvalue weighted by Gasteiger charge is -2.22. The van der Waals surface area contributed by atoms with Gasteiger partial charge in [0.05, 0.1) is 5.71 Å². The van der Waals surface area contributed by atoms with Gasteiger partial charge in [-0.05, 0) is 17.7 Å². The second-order valence-electron chi connectivity index (χ2n) is 4.07. The third-order valence-electron chi connectivity index (χ3n) is 2.74. The lowest BCUT2D eigenvalue weighted by Crippen LogP contribution is -2.42. The number of rotatable bonds is 3. The van der Waals surface area contributed by atoms with Gasteiger partial charge in [-0.2, -0.15) is 5.10 Å². The summed E-state index contributed by atoms with van der Waals surface area (Å²) >= 11 is 5.82. The number of carbonyl (C=O) groups is 2. The number of amides is 2. The van der Waals surface area contributed by atoms with E-state index in [0.717, 1.165) is 16.3 Å². The number of halogens is 1. The zero-order valence-electron chi connectivity index (χ0n) is 10.1. The fraction of sp³-hybridized carbons (Fsp3) is 0.250. The van der Waals surface area contributed by atoms with E-state index in [1.54, 1.807) is 12.1 Å². The molecule has 100 valence electrons. The smallest absolute Gasteiger partial charge is 0.255 e. The van der Waals surface area contributed by atoms with E-state index >= 15 is 0 Å². The quantitative estimate of drug-likeness (QED) is 0.484. The van der Waals surface area contributed by atoms with Gasteiger partial charge >= 0.3 is 0 Å². The molecular weight excluding hydrogens is 268 g/mol. The molecular formula is C12H13ClN4O2. The van der Waals surface area contributed by atoms with Crippen molar-refractivity contribution >= 4 is 29.1 Å². The zero-order chi connectivity index (χ0) is 13.8. The summed E-state index contributed by atoms with van der Waals surface area (Å²) in [5.74, 6) is 4.34. The van der Waals surface area contributed by atoms with E-state index in [2.05, 4.69) is 5.10 Å². The first-order valence-corrected chi connectivity index (χ1v) is 6.11. The molecule has 19 heavy (non-hydrogen) atoms. The highest BCUT2D eigenvalue weighted by atomic mass is 35.5. The number of nitrogens with zero attached hydrogens (tertiary/aromatic N) is 2. The van der Waals surface area contributed by atoms with Crippen LogP contribution in [0.3, 0.4) is 0 Å². The Labute approximate surface area is 115 Å². The minimum Gasteiger partial charge on any atom is -0.293 e. The molecule has 1 aromatic rings. The summed E-state index contributed by atoms with van der Waals surface area (Å²) in [6.07, 6.45) is 0.862. The van der Waals surface area contributed by atoms with Crippen molar-refractivity contribution in [2.75, 3.05) is 6.54 Å². The molecule has 1 aliphatic rings. The van der Waals surface area contributed by atoms with Crippen LogP contribution in [-0.2, 0) is 9.59 Å². The van der Waals surface area contributed by atoms with E-state index in [1.807, 2.05) is 17.6 Å². The van der Waals surface area contributed by atoms with Crippen molar-refractivity contribution in [2.45, 2.75) is 12.8 Å². The number of hydrogen-bond acceptors (Lipinski definition) is 4. The zero-order valence-corrected chi connectivity index (χ0v) is 10.9. The molecule has 0 fully saturated rings. The van der Waals surface area contributed by atoms with Crippen molar-refractivity contribution in [1.29, 1.82) is 0 Å². The van der Waals surface area contributed by atoms with Gasteiger partial charge in [0.15, 0.2) is 0 Å². The molecule has 2 rings (SSSR count). The maximum absolute atomic E-state index is 11.7. The van der Waals surface area contributed by atoms with Gasteiger partial charge in [0, 0.05) is 17.9 Å². The molecule has 0 saturated heterocycles. The van der Waals surface area contributed by atoms with Gasteiger partial charge in [-0.25, -0.2) is 10.9 Å². The standard InChI is InChI=1S/C12H13ClN4O2/c13-9-3-1-8(2-4-9)10-5-6-12(19)17(16-10)7-11(18)15-14/h1-4H,5-7,14H2,(H,15,18). The van der Waals surface area contributed by atoms with Crippen LogP contribution >= 0.6 is 11.6 Å². The summed E-state index contributed by atoms with van der Waals surface area (Å²) in [4.78, 5) is 22.9. The summed E-state index contributed by atoms with van der Waals surface area (Å²) in [6, 6.07) is 7.18. The van der Waals surface area contributed by atoms with Gasteiger partial charge in [-0.15, -0.1) is 0 Å². The summed E-state index contributed by atoms with van der Waals surface area (Å²) in [5.41, 5.74) is 3.61. The molecule has 0 unspecified atom stereocenters. The maximum Gasteiger partial charge on any atom is 0.255 e. The summed E-state index contributed by atoms with van der Waals surface area (Å²) in [6.45, 7) is -0.174. The van der Waals surface area contributed by atoms with Gasteiger partial charge in [0.2, 0.25) is 5.91 Å². The van der Waals surface area contributed by atoms with Crippen molar-refractivity contribution in [3.63, 3.8) is 0 Å². The Hall–Kier alpha value is -1.92. The molecule has 1 aliphatic heterocycles. The Balaban J connectivity index is 2.21. The molecule has 0 spiro atoms. The third kappa shape index (κ3) is 3.30. The number of hydrazone groups is 1. The maximum atomic E-state index is 11.7. The molecule has 0 atom stereocenters. The second kappa shape index (κ2) is 5.81. The minimum absolute atomic E-state index is 0.174. The van der Waals surface area contributed by atoms with Crippen LogP contribution in [0.1, 0.15) is 18.4 Å². The van der Waals surface area contributed by atoms with E-state index in [4.69, 9.17) is 17.4 Å². The van der Waals surface area contributed by atoms with Gasteiger partial charge < -0.3 is 0 Å². The van der Waals surface area contributed by atoms with E-state index in [9.17, 15) is 9.59 Å². The minimum atomic E-state index is -0.463. The highest BCUT2D eigenvalue weighted by Crippen LogP contribution is 2.17. The summed E-state index contributed by atoms with van der Waals surface area (Å²) in [5, 5.41) is 5.96. The van der Waals surface area contributed by atoms with Crippen LogP contribution in [0.5, 0.6) is 0 Å². The molecule has 1 aromatic carbocycles. The Morgan fingerprint density at radius 3 is 2.68 bits per heavy atom. The number of nitrogens with two attached hydrogens (primary N) is 1. The molecule has 6 nitrogen and oxygen atoms in total. The van der Waals surface area contributed by atoms with Crippen LogP contribution in [0.2, 0.25) is 5.02 Å². The number of benzene rings is 1. The molecule has 7 heteroatoms. The number of carbonyl (C=O) groups excluding carboxylic acids is 2. The molecule has 0 radical (unpaired) electrons. The van der Waals surface area contributed by atoms with Crippen LogP contribution in [0.25, 0.3) is 0 Å². The van der Waals surface area contributed by atoms with Gasteiger partial charge in [0.25, 0.3) is 5.91 Å². The second-order valence-corrected chi connectivity index (χ2v) is 4.51. The molecule has 3 N–H and O–H groups in total. The highest BCUT2D eigenvalue weighted by molar-refractivity contribution is 6.30. The van der Waals surface area contributed by atoms with Gasteiger partial charge in [-0.1, -0.05) is 23.7 Å². The number of nitrogens with one attached hydrogen (secondary N) is 1. The van der Waals surface area contributed by atoms with E-state index in [-0.39, 0.29) is 12.5 Å². The largest absolute Gasteiger partial charge is 0.293 e. The molecule has 2 amide bonds. The number of hydrazine groups is 1. The Morgan fingerprint density at radius 2 is 2.05 bits per heavy atom. The predicted octanol–water partition coefficient (Wildman–Crippen LogP) is 0.656. The van der Waals surface area contributed by atoms with Crippen LogP contribution in [0.15, 0.2) is 29.4 Å². The first kappa shape index (κ1) is 13.5. The fourth-order valence-corrected chi connectivity index (χ4v) is 1.88. The van der Waals surface area contributed by atoms with E-state index in [0.29, 0.717) is 17.9 Å². The van der Waals surface area contributed by atoms with Crippen LogP contribution in [0.4, 0.5) is 0 Å².